The average Bonchev–Trinajstić information content (AvgIpc) is 3.22. The highest BCUT2D eigenvalue weighted by Gasteiger charge is 2.46. The largest absolute Gasteiger partial charge is 0.507 e. The van der Waals surface area contributed by atoms with Gasteiger partial charge in [0.05, 0.1) is 51.7 Å². The number of nitrogens with zero attached hydrogens (tertiary/aromatic N) is 1. The van der Waals surface area contributed by atoms with Crippen LogP contribution in [0.2, 0.25) is 0 Å². The van der Waals surface area contributed by atoms with Crippen molar-refractivity contribution < 1.29 is 38.4 Å². The van der Waals surface area contributed by atoms with Crippen molar-refractivity contribution in [1.82, 2.24) is 4.90 Å². The number of carbonyl (C=O) groups is 2. The Bertz CT molecular complexity index is 1410. The molecule has 0 saturated carbocycles. The SMILES string of the molecule is CCOc1ccc(/C(O)=C2\C(=O)C(=O)N(Cc3ccc(OC)cc3)C2c2ccc(OC)c(OC)c2)c(OCC)c1. The number of benzene rings is 3. The van der Waals surface area contributed by atoms with E-state index in [1.807, 2.05) is 26.0 Å². The highest BCUT2D eigenvalue weighted by molar-refractivity contribution is 6.46. The van der Waals surface area contributed by atoms with Crippen molar-refractivity contribution in [2.45, 2.75) is 26.4 Å². The fourth-order valence-corrected chi connectivity index (χ4v) is 4.71. The molecule has 9 heteroatoms. The Morgan fingerprint density at radius 1 is 0.775 bits per heavy atom. The van der Waals surface area contributed by atoms with Crippen molar-refractivity contribution in [3.05, 3.63) is 82.9 Å². The first-order chi connectivity index (χ1) is 19.4. The van der Waals surface area contributed by atoms with Crippen LogP contribution in [0.25, 0.3) is 5.76 Å². The Hall–Kier alpha value is -4.66. The summed E-state index contributed by atoms with van der Waals surface area (Å²) in [5.74, 6) is 0.582. The molecule has 0 aliphatic carbocycles. The molecule has 9 nitrogen and oxygen atoms in total. The van der Waals surface area contributed by atoms with Crippen LogP contribution in [0.3, 0.4) is 0 Å². The quantitative estimate of drug-likeness (QED) is 0.200. The van der Waals surface area contributed by atoms with Crippen LogP contribution in [0.15, 0.2) is 66.2 Å². The van der Waals surface area contributed by atoms with E-state index in [1.54, 1.807) is 55.6 Å². The van der Waals surface area contributed by atoms with Gasteiger partial charge in [-0.1, -0.05) is 18.2 Å². The van der Waals surface area contributed by atoms with Crippen LogP contribution in [0.5, 0.6) is 28.7 Å². The lowest BCUT2D eigenvalue weighted by molar-refractivity contribution is -0.140. The van der Waals surface area contributed by atoms with E-state index in [0.717, 1.165) is 5.56 Å². The summed E-state index contributed by atoms with van der Waals surface area (Å²) < 4.78 is 27.5. The molecule has 1 heterocycles. The molecule has 40 heavy (non-hydrogen) atoms. The van der Waals surface area contributed by atoms with E-state index < -0.39 is 17.7 Å². The second kappa shape index (κ2) is 12.5. The van der Waals surface area contributed by atoms with Gasteiger partial charge in [-0.25, -0.2) is 0 Å². The van der Waals surface area contributed by atoms with Crippen molar-refractivity contribution in [3.8, 4) is 28.7 Å². The number of aliphatic hydroxyl groups is 1. The summed E-state index contributed by atoms with van der Waals surface area (Å²) in [4.78, 5) is 28.5. The maximum absolute atomic E-state index is 13.6. The number of hydrogen-bond acceptors (Lipinski definition) is 8. The van der Waals surface area contributed by atoms with Crippen LogP contribution >= 0.6 is 0 Å². The lowest BCUT2D eigenvalue weighted by atomic mass is 9.94. The summed E-state index contributed by atoms with van der Waals surface area (Å²) in [6, 6.07) is 16.4. The number of ketones is 1. The third kappa shape index (κ3) is 5.54. The van der Waals surface area contributed by atoms with Gasteiger partial charge in [0.1, 0.15) is 23.0 Å². The topological polar surface area (TPSA) is 104 Å². The smallest absolute Gasteiger partial charge is 0.295 e. The summed E-state index contributed by atoms with van der Waals surface area (Å²) in [7, 11) is 4.60. The zero-order valence-corrected chi connectivity index (χ0v) is 23.2. The molecule has 0 bridgehead atoms. The molecule has 0 radical (unpaired) electrons. The lowest BCUT2D eigenvalue weighted by Gasteiger charge is -2.26. The molecule has 210 valence electrons. The molecule has 4 rings (SSSR count). The van der Waals surface area contributed by atoms with Crippen molar-refractivity contribution in [3.63, 3.8) is 0 Å². The van der Waals surface area contributed by atoms with Gasteiger partial charge in [-0.3, -0.25) is 9.59 Å². The number of carbonyl (C=O) groups excluding carboxylic acids is 2. The molecule has 1 atom stereocenters. The molecule has 0 aromatic heterocycles. The Labute approximate surface area is 233 Å². The highest BCUT2D eigenvalue weighted by atomic mass is 16.5. The van der Waals surface area contributed by atoms with Crippen LogP contribution < -0.4 is 23.7 Å². The van der Waals surface area contributed by atoms with Gasteiger partial charge >= 0.3 is 0 Å². The van der Waals surface area contributed by atoms with E-state index in [-0.39, 0.29) is 23.4 Å². The van der Waals surface area contributed by atoms with E-state index >= 15 is 0 Å². The molecule has 3 aromatic carbocycles. The van der Waals surface area contributed by atoms with Gasteiger partial charge in [0.25, 0.3) is 11.7 Å². The van der Waals surface area contributed by atoms with Gasteiger partial charge in [0.2, 0.25) is 0 Å². The normalized spacial score (nSPS) is 16.1. The number of hydrogen-bond donors (Lipinski definition) is 1. The number of likely N-dealkylation sites (tertiary alicyclic amines) is 1. The van der Waals surface area contributed by atoms with Gasteiger partial charge < -0.3 is 33.7 Å². The minimum Gasteiger partial charge on any atom is -0.507 e. The zero-order chi connectivity index (χ0) is 28.8. The van der Waals surface area contributed by atoms with E-state index in [9.17, 15) is 14.7 Å². The third-order valence-electron chi connectivity index (χ3n) is 6.59. The fraction of sp³-hybridized carbons (Fsp3) is 0.290. The molecule has 1 unspecified atom stereocenters. The summed E-state index contributed by atoms with van der Waals surface area (Å²) >= 11 is 0. The Morgan fingerprint density at radius 2 is 1.45 bits per heavy atom. The fourth-order valence-electron chi connectivity index (χ4n) is 4.71. The minimum absolute atomic E-state index is 0.0594. The van der Waals surface area contributed by atoms with Crippen LogP contribution in [-0.2, 0) is 16.1 Å². The second-order valence-electron chi connectivity index (χ2n) is 8.91. The van der Waals surface area contributed by atoms with Gasteiger partial charge in [-0.2, -0.15) is 0 Å². The van der Waals surface area contributed by atoms with Gasteiger partial charge in [0.15, 0.2) is 11.5 Å². The number of amides is 1. The van der Waals surface area contributed by atoms with E-state index in [1.165, 1.54) is 19.1 Å². The Balaban J connectivity index is 1.89. The first kappa shape index (κ1) is 28.4. The number of Topliss-reactive ketones (excluding diaryl/α,β-unsaturated/α-hetero) is 1. The van der Waals surface area contributed by atoms with E-state index in [0.29, 0.717) is 47.5 Å². The second-order valence-corrected chi connectivity index (χ2v) is 8.91. The maximum Gasteiger partial charge on any atom is 0.295 e. The molecule has 1 amide bonds. The number of aliphatic hydroxyl groups excluding tert-OH is 1. The molecule has 1 fully saturated rings. The number of methoxy groups -OCH3 is 3. The molecule has 1 aliphatic rings. The first-order valence-electron chi connectivity index (χ1n) is 12.9. The van der Waals surface area contributed by atoms with E-state index in [4.69, 9.17) is 23.7 Å². The summed E-state index contributed by atoms with van der Waals surface area (Å²) in [5, 5.41) is 11.6. The number of ether oxygens (including phenoxy) is 5. The van der Waals surface area contributed by atoms with E-state index in [2.05, 4.69) is 0 Å². The van der Waals surface area contributed by atoms with Crippen molar-refractivity contribution in [2.24, 2.45) is 0 Å². The Morgan fingerprint density at radius 3 is 2.08 bits per heavy atom. The van der Waals surface area contributed by atoms with Crippen LogP contribution in [0.1, 0.15) is 36.6 Å². The predicted octanol–water partition coefficient (Wildman–Crippen LogP) is 5.13. The third-order valence-corrected chi connectivity index (χ3v) is 6.59. The average molecular weight is 548 g/mol. The molecule has 3 aromatic rings. The minimum atomic E-state index is -0.914. The molecule has 1 N–H and O–H groups in total. The molecular weight excluding hydrogens is 514 g/mol. The maximum atomic E-state index is 13.6. The Kier molecular flexibility index (Phi) is 8.83. The number of rotatable bonds is 11. The summed E-state index contributed by atoms with van der Waals surface area (Å²) in [6.45, 7) is 4.57. The molecule has 1 aliphatic heterocycles. The standard InChI is InChI=1S/C31H33NO8/c1-6-39-22-13-14-23(25(17-22)40-7-2)29(33)27-28(20-10-15-24(37-4)26(16-20)38-5)32(31(35)30(27)34)18-19-8-11-21(36-3)12-9-19/h8-17,28,33H,6-7,18H2,1-5H3/b29-27+. The lowest BCUT2D eigenvalue weighted by Crippen LogP contribution is -2.29. The zero-order valence-electron chi connectivity index (χ0n) is 23.2. The van der Waals surface area contributed by atoms with Crippen molar-refractivity contribution >= 4 is 17.4 Å². The highest BCUT2D eigenvalue weighted by Crippen LogP contribution is 2.44. The van der Waals surface area contributed by atoms with Crippen LogP contribution in [0.4, 0.5) is 0 Å². The molecular formula is C31H33NO8. The van der Waals surface area contributed by atoms with Crippen molar-refractivity contribution in [1.29, 1.82) is 0 Å². The molecule has 0 spiro atoms. The van der Waals surface area contributed by atoms with Gasteiger partial charge in [-0.05, 0) is 61.4 Å². The molecule has 1 saturated heterocycles. The van der Waals surface area contributed by atoms with Crippen LogP contribution in [-0.4, -0.2) is 56.2 Å². The van der Waals surface area contributed by atoms with Gasteiger partial charge in [-0.15, -0.1) is 0 Å². The van der Waals surface area contributed by atoms with Gasteiger partial charge in [0, 0.05) is 12.6 Å². The first-order valence-corrected chi connectivity index (χ1v) is 12.9. The predicted molar refractivity (Wildman–Crippen MR) is 149 cm³/mol. The monoisotopic (exact) mass is 547 g/mol. The van der Waals surface area contributed by atoms with Crippen molar-refractivity contribution in [2.75, 3.05) is 34.5 Å². The summed E-state index contributed by atoms with van der Waals surface area (Å²) in [6.07, 6.45) is 0. The summed E-state index contributed by atoms with van der Waals surface area (Å²) in [5.41, 5.74) is 1.56. The van der Waals surface area contributed by atoms with Crippen LogP contribution in [0, 0.1) is 0 Å².